The first-order chi connectivity index (χ1) is 12.5. The van der Waals surface area contributed by atoms with Crippen LogP contribution in [0.5, 0.6) is 11.5 Å². The maximum absolute atomic E-state index is 13.8. The molecular weight excluding hydrogens is 357 g/mol. The molecule has 4 nitrogen and oxygen atoms in total. The lowest BCUT2D eigenvalue weighted by molar-refractivity contribution is -0.121. The van der Waals surface area contributed by atoms with E-state index < -0.39 is 5.82 Å². The lowest BCUT2D eigenvalue weighted by Crippen LogP contribution is -2.28. The molecule has 0 aliphatic carbocycles. The second kappa shape index (κ2) is 9.43. The van der Waals surface area contributed by atoms with Gasteiger partial charge in [-0.15, -0.1) is 0 Å². The quantitative estimate of drug-likeness (QED) is 0.723. The minimum absolute atomic E-state index is 0.120. The topological polar surface area (TPSA) is 47.6 Å². The second-order valence-corrected chi connectivity index (χ2v) is 6.15. The van der Waals surface area contributed by atoms with Gasteiger partial charge >= 0.3 is 0 Å². The van der Waals surface area contributed by atoms with E-state index in [9.17, 15) is 9.18 Å². The highest BCUT2D eigenvalue weighted by Gasteiger charge is 2.16. The van der Waals surface area contributed by atoms with Gasteiger partial charge in [-0.2, -0.15) is 0 Å². The summed E-state index contributed by atoms with van der Waals surface area (Å²) < 4.78 is 25.0. The fraction of sp³-hybridized carbons (Fsp3) is 0.350. The Morgan fingerprint density at radius 3 is 2.50 bits per heavy atom. The van der Waals surface area contributed by atoms with Gasteiger partial charge in [-0.25, -0.2) is 4.39 Å². The number of benzene rings is 2. The van der Waals surface area contributed by atoms with Crippen molar-refractivity contribution in [3.8, 4) is 11.5 Å². The van der Waals surface area contributed by atoms with Crippen LogP contribution in [0.25, 0.3) is 0 Å². The number of carbonyl (C=O) groups excluding carboxylic acids is 1. The van der Waals surface area contributed by atoms with Crippen LogP contribution in [-0.4, -0.2) is 19.1 Å². The van der Waals surface area contributed by atoms with Gasteiger partial charge in [0.15, 0.2) is 11.5 Å². The normalized spacial score (nSPS) is 11.7. The first-order valence-corrected chi connectivity index (χ1v) is 8.95. The molecule has 1 atom stereocenters. The summed E-state index contributed by atoms with van der Waals surface area (Å²) in [7, 11) is 0. The van der Waals surface area contributed by atoms with E-state index in [0.29, 0.717) is 24.7 Å². The Bertz CT molecular complexity index is 746. The molecule has 0 unspecified atom stereocenters. The van der Waals surface area contributed by atoms with Gasteiger partial charge < -0.3 is 14.8 Å². The molecule has 0 bridgehead atoms. The predicted molar refractivity (Wildman–Crippen MR) is 100 cm³/mol. The Balaban J connectivity index is 2.10. The number of nitrogens with one attached hydrogen (secondary N) is 1. The van der Waals surface area contributed by atoms with E-state index >= 15 is 0 Å². The molecule has 0 spiro atoms. The maximum atomic E-state index is 13.8. The monoisotopic (exact) mass is 379 g/mol. The molecular formula is C20H23ClFNO3. The van der Waals surface area contributed by atoms with Crippen molar-refractivity contribution < 1.29 is 18.7 Å². The van der Waals surface area contributed by atoms with Crippen molar-refractivity contribution in [2.75, 3.05) is 13.2 Å². The summed E-state index contributed by atoms with van der Waals surface area (Å²) in [5, 5.41) is 3.10. The first kappa shape index (κ1) is 20.0. The molecule has 1 amide bonds. The van der Waals surface area contributed by atoms with Gasteiger partial charge in [-0.1, -0.05) is 23.7 Å². The van der Waals surface area contributed by atoms with Crippen molar-refractivity contribution in [2.45, 2.75) is 33.2 Å². The molecule has 0 heterocycles. The summed E-state index contributed by atoms with van der Waals surface area (Å²) in [4.78, 5) is 12.3. The Labute approximate surface area is 158 Å². The molecule has 0 saturated carbocycles. The molecule has 2 aromatic carbocycles. The van der Waals surface area contributed by atoms with Crippen molar-refractivity contribution in [3.63, 3.8) is 0 Å². The molecule has 2 aromatic rings. The molecule has 1 N–H and O–H groups in total. The largest absolute Gasteiger partial charge is 0.490 e. The molecule has 0 aliphatic rings. The lowest BCUT2D eigenvalue weighted by Gasteiger charge is -2.18. The van der Waals surface area contributed by atoms with Crippen LogP contribution in [0.3, 0.4) is 0 Å². The van der Waals surface area contributed by atoms with Crippen molar-refractivity contribution in [3.05, 3.63) is 58.4 Å². The molecule has 26 heavy (non-hydrogen) atoms. The van der Waals surface area contributed by atoms with Gasteiger partial charge in [0.05, 0.1) is 25.7 Å². The predicted octanol–water partition coefficient (Wildman–Crippen LogP) is 4.70. The van der Waals surface area contributed by atoms with Gasteiger partial charge in [0.25, 0.3) is 0 Å². The lowest BCUT2D eigenvalue weighted by atomic mass is 10.1. The third-order valence-electron chi connectivity index (χ3n) is 3.84. The number of carbonyl (C=O) groups is 1. The number of hydrogen-bond donors (Lipinski definition) is 1. The Morgan fingerprint density at radius 2 is 1.85 bits per heavy atom. The molecule has 6 heteroatoms. The number of hydrogen-bond acceptors (Lipinski definition) is 3. The third kappa shape index (κ3) is 5.11. The van der Waals surface area contributed by atoms with Crippen LogP contribution in [0.15, 0.2) is 36.4 Å². The molecule has 140 valence electrons. The first-order valence-electron chi connectivity index (χ1n) is 8.58. The van der Waals surface area contributed by atoms with E-state index in [1.165, 1.54) is 12.1 Å². The van der Waals surface area contributed by atoms with E-state index in [4.69, 9.17) is 21.1 Å². The zero-order valence-electron chi connectivity index (χ0n) is 15.1. The third-order valence-corrected chi connectivity index (χ3v) is 4.20. The van der Waals surface area contributed by atoms with Crippen LogP contribution >= 0.6 is 11.6 Å². The van der Waals surface area contributed by atoms with Crippen molar-refractivity contribution >= 4 is 17.5 Å². The molecule has 2 rings (SSSR count). The molecule has 0 radical (unpaired) electrons. The Morgan fingerprint density at radius 1 is 1.15 bits per heavy atom. The zero-order valence-corrected chi connectivity index (χ0v) is 15.9. The van der Waals surface area contributed by atoms with Crippen LogP contribution in [0.4, 0.5) is 4.39 Å². The van der Waals surface area contributed by atoms with Crippen LogP contribution in [0.2, 0.25) is 5.02 Å². The van der Waals surface area contributed by atoms with Crippen LogP contribution in [0, 0.1) is 5.82 Å². The maximum Gasteiger partial charge on any atom is 0.225 e. The highest BCUT2D eigenvalue weighted by molar-refractivity contribution is 6.31. The second-order valence-electron chi connectivity index (χ2n) is 5.74. The minimum Gasteiger partial charge on any atom is -0.490 e. The summed E-state index contributed by atoms with van der Waals surface area (Å²) >= 11 is 5.98. The van der Waals surface area contributed by atoms with E-state index in [-0.39, 0.29) is 29.0 Å². The fourth-order valence-corrected chi connectivity index (χ4v) is 2.80. The van der Waals surface area contributed by atoms with Crippen molar-refractivity contribution in [1.29, 1.82) is 0 Å². The van der Waals surface area contributed by atoms with E-state index in [0.717, 1.165) is 5.56 Å². The number of amides is 1. The molecule has 0 aliphatic heterocycles. The van der Waals surface area contributed by atoms with Gasteiger partial charge in [0.2, 0.25) is 5.91 Å². The molecule has 0 saturated heterocycles. The summed E-state index contributed by atoms with van der Waals surface area (Å²) in [6.45, 7) is 6.70. The van der Waals surface area contributed by atoms with E-state index in [2.05, 4.69) is 5.32 Å². The van der Waals surface area contributed by atoms with E-state index in [1.807, 2.05) is 39.0 Å². The van der Waals surface area contributed by atoms with Gasteiger partial charge in [-0.05, 0) is 50.6 Å². The Kier molecular flexibility index (Phi) is 7.27. The summed E-state index contributed by atoms with van der Waals surface area (Å²) in [6.07, 6.45) is -0.120. The van der Waals surface area contributed by atoms with Crippen LogP contribution in [0.1, 0.15) is 37.9 Å². The zero-order chi connectivity index (χ0) is 19.1. The number of halogens is 2. The van der Waals surface area contributed by atoms with Gasteiger partial charge in [0.1, 0.15) is 5.82 Å². The van der Waals surface area contributed by atoms with Crippen molar-refractivity contribution in [1.82, 2.24) is 5.32 Å². The summed E-state index contributed by atoms with van der Waals surface area (Å²) in [5.74, 6) is 0.496. The van der Waals surface area contributed by atoms with Crippen molar-refractivity contribution in [2.24, 2.45) is 0 Å². The average molecular weight is 380 g/mol. The molecule has 0 fully saturated rings. The molecule has 0 aromatic heterocycles. The fourth-order valence-electron chi connectivity index (χ4n) is 2.57. The highest BCUT2D eigenvalue weighted by atomic mass is 35.5. The summed E-state index contributed by atoms with van der Waals surface area (Å²) in [6, 6.07) is 9.63. The van der Waals surface area contributed by atoms with Crippen LogP contribution < -0.4 is 14.8 Å². The summed E-state index contributed by atoms with van der Waals surface area (Å²) in [5.41, 5.74) is 1.06. The van der Waals surface area contributed by atoms with Crippen LogP contribution in [-0.2, 0) is 11.2 Å². The van der Waals surface area contributed by atoms with Gasteiger partial charge in [0, 0.05) is 10.6 Å². The number of rotatable bonds is 8. The van der Waals surface area contributed by atoms with E-state index in [1.54, 1.807) is 6.07 Å². The highest BCUT2D eigenvalue weighted by Crippen LogP contribution is 2.30. The SMILES string of the molecule is CCOc1ccc([C@H](C)NC(=O)Cc2c(F)cccc2Cl)cc1OCC. The smallest absolute Gasteiger partial charge is 0.225 e. The standard InChI is InChI=1S/C20H23ClFNO3/c1-4-25-18-10-9-14(11-19(18)26-5-2)13(3)23-20(24)12-15-16(21)7-6-8-17(15)22/h6-11,13H,4-5,12H2,1-3H3,(H,23,24)/t13-/m0/s1. The number of ether oxygens (including phenoxy) is 2. The minimum atomic E-state index is -0.486. The average Bonchev–Trinajstić information content (AvgIpc) is 2.60. The van der Waals surface area contributed by atoms with Gasteiger partial charge in [-0.3, -0.25) is 4.79 Å². The Hall–Kier alpha value is -2.27.